The lowest BCUT2D eigenvalue weighted by Gasteiger charge is -2.27. The van der Waals surface area contributed by atoms with Crippen LogP contribution in [0.25, 0.3) is 0 Å². The third-order valence-corrected chi connectivity index (χ3v) is 15.9. The van der Waals surface area contributed by atoms with Crippen LogP contribution in [0.3, 0.4) is 0 Å². The maximum absolute atomic E-state index is 13.6. The van der Waals surface area contributed by atoms with E-state index >= 15 is 0 Å². The van der Waals surface area contributed by atoms with Crippen LogP contribution >= 0.6 is 7.82 Å². The van der Waals surface area contributed by atoms with Gasteiger partial charge in [0.15, 0.2) is 0 Å². The third kappa shape index (κ3) is 60.1. The third-order valence-electron chi connectivity index (χ3n) is 15.0. The monoisotopic (exact) mass is 1130 g/mol. The summed E-state index contributed by atoms with van der Waals surface area (Å²) in [6, 6.07) is -0.849. The minimum absolute atomic E-state index is 0.0402. The fraction of sp³-hybridized carbons (Fsp3) is 0.826. The number of phosphoric ester groups is 1. The lowest BCUT2D eigenvalue weighted by atomic mass is 10.0. The average Bonchev–Trinajstić information content (AvgIpc) is 3.41. The second-order valence-electron chi connectivity index (χ2n) is 24.0. The highest BCUT2D eigenvalue weighted by Gasteiger charge is 2.30. The van der Waals surface area contributed by atoms with Gasteiger partial charge in [0.1, 0.15) is 19.3 Å². The van der Waals surface area contributed by atoms with E-state index < -0.39 is 20.0 Å². The Morgan fingerprint density at radius 2 is 0.772 bits per heavy atom. The number of rotatable bonds is 61. The smallest absolute Gasteiger partial charge is 0.456 e. The second-order valence-corrected chi connectivity index (χ2v) is 25.5. The van der Waals surface area contributed by atoms with Crippen molar-refractivity contribution < 1.29 is 37.3 Å². The van der Waals surface area contributed by atoms with Gasteiger partial charge < -0.3 is 19.4 Å². The largest absolute Gasteiger partial charge is 0.472 e. The van der Waals surface area contributed by atoms with E-state index in [0.29, 0.717) is 23.9 Å². The number of amides is 1. The van der Waals surface area contributed by atoms with Crippen LogP contribution in [-0.4, -0.2) is 74.3 Å². The molecular formula is C69H130N2O7P+. The van der Waals surface area contributed by atoms with Gasteiger partial charge in [0.05, 0.1) is 33.8 Å². The van der Waals surface area contributed by atoms with E-state index in [-0.39, 0.29) is 25.1 Å². The minimum atomic E-state index is -4.45. The molecule has 0 radical (unpaired) electrons. The molecule has 3 atom stereocenters. The summed E-state index contributed by atoms with van der Waals surface area (Å²) in [7, 11) is 1.50. The molecule has 1 amide bonds. The van der Waals surface area contributed by atoms with Gasteiger partial charge in [-0.3, -0.25) is 18.6 Å². The van der Waals surface area contributed by atoms with Crippen LogP contribution in [-0.2, 0) is 27.9 Å². The van der Waals surface area contributed by atoms with E-state index in [1.54, 1.807) is 0 Å². The molecule has 0 bridgehead atoms. The number of nitrogens with one attached hydrogen (secondary N) is 1. The SMILES string of the molecule is CCCCC/C=C\C/C=C\C/C=C\C/C=C\CCCCCCCCCCCCCC(=O)NC(COP(=O)(O)OCC[N+](C)(C)C)C(/C=C\CCCCCCCCCCCC)OC(=O)CCCCCCCCCCCCCCCC. The first-order valence-corrected chi connectivity index (χ1v) is 35.1. The lowest BCUT2D eigenvalue weighted by Crippen LogP contribution is -2.47. The zero-order valence-corrected chi connectivity index (χ0v) is 53.8. The number of quaternary nitrogens is 1. The van der Waals surface area contributed by atoms with Gasteiger partial charge in [-0.2, -0.15) is 0 Å². The molecule has 0 aliphatic rings. The molecule has 0 saturated heterocycles. The maximum atomic E-state index is 13.6. The Morgan fingerprint density at radius 3 is 1.18 bits per heavy atom. The van der Waals surface area contributed by atoms with Gasteiger partial charge in [0, 0.05) is 12.8 Å². The van der Waals surface area contributed by atoms with E-state index in [1.807, 2.05) is 33.3 Å². The highest BCUT2D eigenvalue weighted by Crippen LogP contribution is 2.43. The van der Waals surface area contributed by atoms with Crippen molar-refractivity contribution in [3.05, 3.63) is 60.8 Å². The van der Waals surface area contributed by atoms with Gasteiger partial charge in [-0.1, -0.05) is 287 Å². The molecule has 462 valence electrons. The molecule has 2 N–H and O–H groups in total. The number of phosphoric acid groups is 1. The maximum Gasteiger partial charge on any atom is 0.472 e. The van der Waals surface area contributed by atoms with Gasteiger partial charge in [-0.05, 0) is 76.7 Å². The van der Waals surface area contributed by atoms with Gasteiger partial charge in [0.25, 0.3) is 0 Å². The summed E-state index contributed by atoms with van der Waals surface area (Å²) in [6.45, 7) is 7.01. The fourth-order valence-electron chi connectivity index (χ4n) is 9.75. The highest BCUT2D eigenvalue weighted by atomic mass is 31.2. The van der Waals surface area contributed by atoms with Crippen LogP contribution in [0.4, 0.5) is 0 Å². The van der Waals surface area contributed by atoms with Crippen molar-refractivity contribution in [1.82, 2.24) is 5.32 Å². The Kier molecular flexibility index (Phi) is 57.2. The summed E-state index contributed by atoms with van der Waals surface area (Å²) in [5.74, 6) is -0.498. The second kappa shape index (κ2) is 58.9. The van der Waals surface area contributed by atoms with E-state index in [0.717, 1.165) is 77.0 Å². The molecule has 3 unspecified atom stereocenters. The lowest BCUT2D eigenvalue weighted by molar-refractivity contribution is -0.870. The van der Waals surface area contributed by atoms with Crippen LogP contribution in [0.5, 0.6) is 0 Å². The molecule has 0 fully saturated rings. The molecule has 0 aliphatic carbocycles. The first-order valence-electron chi connectivity index (χ1n) is 33.6. The van der Waals surface area contributed by atoms with Crippen molar-refractivity contribution >= 4 is 19.7 Å². The molecule has 0 aliphatic heterocycles. The molecular weight excluding hydrogens is 1000 g/mol. The van der Waals surface area contributed by atoms with Crippen molar-refractivity contribution in [3.63, 3.8) is 0 Å². The normalized spacial score (nSPS) is 14.0. The molecule has 0 heterocycles. The molecule has 0 aromatic carbocycles. The molecule has 0 spiro atoms. The average molecular weight is 1130 g/mol. The van der Waals surface area contributed by atoms with E-state index in [1.165, 1.54) is 205 Å². The number of hydrogen-bond donors (Lipinski definition) is 2. The quantitative estimate of drug-likeness (QED) is 0.0205. The number of unbranched alkanes of at least 4 members (excludes halogenated alkanes) is 37. The molecule has 0 rings (SSSR count). The molecule has 10 heteroatoms. The van der Waals surface area contributed by atoms with Crippen LogP contribution in [0.2, 0.25) is 0 Å². The first-order chi connectivity index (χ1) is 38.4. The summed E-state index contributed by atoms with van der Waals surface area (Å²) >= 11 is 0. The van der Waals surface area contributed by atoms with Crippen molar-refractivity contribution in [3.8, 4) is 0 Å². The Bertz CT molecular complexity index is 1540. The van der Waals surface area contributed by atoms with Crippen LogP contribution in [0.1, 0.15) is 316 Å². The molecule has 79 heavy (non-hydrogen) atoms. The van der Waals surface area contributed by atoms with Gasteiger partial charge >= 0.3 is 13.8 Å². The number of esters is 1. The number of allylic oxidation sites excluding steroid dienone is 9. The zero-order valence-electron chi connectivity index (χ0n) is 52.9. The number of carbonyl (C=O) groups excluding carboxylic acids is 2. The van der Waals surface area contributed by atoms with Gasteiger partial charge in [-0.25, -0.2) is 4.57 Å². The summed E-state index contributed by atoms with van der Waals surface area (Å²) in [5.41, 5.74) is 0. The Balaban J connectivity index is 5.04. The first kappa shape index (κ1) is 76.7. The molecule has 9 nitrogen and oxygen atoms in total. The van der Waals surface area contributed by atoms with Crippen molar-refractivity contribution in [1.29, 1.82) is 0 Å². The zero-order chi connectivity index (χ0) is 57.9. The highest BCUT2D eigenvalue weighted by molar-refractivity contribution is 7.47. The predicted octanol–water partition coefficient (Wildman–Crippen LogP) is 21.0. The number of nitrogens with zero attached hydrogens (tertiary/aromatic N) is 1. The van der Waals surface area contributed by atoms with Crippen LogP contribution in [0, 0.1) is 0 Å². The van der Waals surface area contributed by atoms with E-state index in [9.17, 15) is 19.0 Å². The van der Waals surface area contributed by atoms with E-state index in [4.69, 9.17) is 13.8 Å². The molecule has 0 aromatic rings. The number of carbonyl (C=O) groups is 2. The Hall–Kier alpha value is -2.29. The van der Waals surface area contributed by atoms with Crippen LogP contribution < -0.4 is 5.32 Å². The van der Waals surface area contributed by atoms with Gasteiger partial charge in [0.2, 0.25) is 5.91 Å². The number of ether oxygens (including phenoxy) is 1. The Labute approximate surface area is 490 Å². The predicted molar refractivity (Wildman–Crippen MR) is 342 cm³/mol. The fourth-order valence-corrected chi connectivity index (χ4v) is 10.5. The summed E-state index contributed by atoms with van der Waals surface area (Å²) in [5, 5.41) is 3.07. The summed E-state index contributed by atoms with van der Waals surface area (Å²) in [6.07, 6.45) is 75.1. The molecule has 0 aromatic heterocycles. The minimum Gasteiger partial charge on any atom is -0.456 e. The van der Waals surface area contributed by atoms with Crippen molar-refractivity contribution in [2.45, 2.75) is 328 Å². The topological polar surface area (TPSA) is 111 Å². The van der Waals surface area contributed by atoms with Crippen molar-refractivity contribution in [2.75, 3.05) is 40.9 Å². The standard InChI is InChI=1S/C69H129N2O7P/c1-7-10-13-16-19-22-25-28-30-31-32-33-34-35-36-37-38-39-40-41-42-43-46-49-52-55-58-61-68(72)70-66(65-77-79(74,75)76-64-63-71(4,5)6)67(60-57-54-51-48-45-27-24-21-18-15-12-9-3)78-69(73)62-59-56-53-50-47-44-29-26-23-20-17-14-11-8-2/h19,22,28,30,32-33,35-36,57,60,66-67H,7-18,20-21,23-27,29,31,34,37-56,58-59,61-65H2,1-6H3,(H-,70,72,74,75)/p+1/b22-19-,30-28-,33-32-,36-35-,60-57-. The van der Waals surface area contributed by atoms with Crippen molar-refractivity contribution in [2.24, 2.45) is 0 Å². The summed E-state index contributed by atoms with van der Waals surface area (Å²) < 4.78 is 30.7. The number of hydrogen-bond acceptors (Lipinski definition) is 6. The number of likely N-dealkylation sites (N-methyl/N-ethyl adjacent to an activating group) is 1. The Morgan fingerprint density at radius 1 is 0.443 bits per heavy atom. The van der Waals surface area contributed by atoms with E-state index in [2.05, 4.69) is 74.7 Å². The van der Waals surface area contributed by atoms with Gasteiger partial charge in [-0.15, -0.1) is 0 Å². The summed E-state index contributed by atoms with van der Waals surface area (Å²) in [4.78, 5) is 37.8. The molecule has 0 saturated carbocycles. The van der Waals surface area contributed by atoms with Crippen LogP contribution in [0.15, 0.2) is 60.8 Å².